The number of carbonyl (C=O) groups excluding carboxylic acids is 1. The number of benzene rings is 1. The molecule has 0 bridgehead atoms. The molecular weight excluding hydrogens is 300 g/mol. The Labute approximate surface area is 141 Å². The number of hydrogen-bond acceptors (Lipinski definition) is 3. The minimum absolute atomic E-state index is 0.219. The number of anilines is 1. The largest absolute Gasteiger partial charge is 0.459 e. The first kappa shape index (κ1) is 16.2. The van der Waals surface area contributed by atoms with E-state index in [0.29, 0.717) is 11.4 Å². The van der Waals surface area contributed by atoms with E-state index >= 15 is 0 Å². The van der Waals surface area contributed by atoms with Crippen molar-refractivity contribution in [3.63, 3.8) is 0 Å². The molecule has 2 heterocycles. The summed E-state index contributed by atoms with van der Waals surface area (Å²) in [5, 5.41) is 3.93. The summed E-state index contributed by atoms with van der Waals surface area (Å²) in [4.78, 5) is 17.0. The number of para-hydroxylation sites is 1. The monoisotopic (exact) mass is 322 g/mol. The van der Waals surface area contributed by atoms with Crippen molar-refractivity contribution in [3.8, 4) is 0 Å². The van der Waals surface area contributed by atoms with Gasteiger partial charge in [0.15, 0.2) is 5.76 Å². The molecule has 0 aliphatic rings. The van der Waals surface area contributed by atoms with E-state index in [1.165, 1.54) is 19.3 Å². The number of nitrogens with one attached hydrogen (secondary N) is 1. The summed E-state index contributed by atoms with van der Waals surface area (Å²) in [5.41, 5.74) is 2.45. The van der Waals surface area contributed by atoms with Gasteiger partial charge in [-0.05, 0) is 31.0 Å². The number of aromatic nitrogens is 1. The average molecular weight is 322 g/mol. The highest BCUT2D eigenvalue weighted by Gasteiger charge is 2.16. The molecule has 0 fully saturated rings. The van der Waals surface area contributed by atoms with E-state index in [-0.39, 0.29) is 5.91 Å². The number of nitrogens with zero attached hydrogens (tertiary/aromatic N) is 1. The van der Waals surface area contributed by atoms with Crippen molar-refractivity contribution in [1.29, 1.82) is 0 Å². The number of pyridine rings is 1. The van der Waals surface area contributed by atoms with Gasteiger partial charge < -0.3 is 9.73 Å². The second-order valence-electron chi connectivity index (χ2n) is 5.92. The van der Waals surface area contributed by atoms with Crippen molar-refractivity contribution in [1.82, 2.24) is 4.98 Å². The van der Waals surface area contributed by atoms with Crippen LogP contribution < -0.4 is 5.32 Å². The summed E-state index contributed by atoms with van der Waals surface area (Å²) < 4.78 is 5.44. The normalized spacial score (nSPS) is 10.9. The van der Waals surface area contributed by atoms with Crippen LogP contribution in [0.3, 0.4) is 0 Å². The first-order chi connectivity index (χ1) is 11.8. The molecule has 1 amide bonds. The highest BCUT2D eigenvalue weighted by atomic mass is 16.3. The van der Waals surface area contributed by atoms with Crippen LogP contribution in [0.2, 0.25) is 0 Å². The lowest BCUT2D eigenvalue weighted by Crippen LogP contribution is -2.13. The quantitative estimate of drug-likeness (QED) is 0.608. The number of aryl methyl sites for hydroxylation is 1. The van der Waals surface area contributed by atoms with Gasteiger partial charge >= 0.3 is 0 Å². The Bertz CT molecular complexity index is 818. The van der Waals surface area contributed by atoms with Gasteiger partial charge in [-0.3, -0.25) is 9.78 Å². The molecule has 0 aliphatic carbocycles. The summed E-state index contributed by atoms with van der Waals surface area (Å²) in [6.07, 6.45) is 8.86. The van der Waals surface area contributed by atoms with Gasteiger partial charge in [-0.15, -0.1) is 0 Å². The Morgan fingerprint density at radius 2 is 2.00 bits per heavy atom. The molecule has 0 unspecified atom stereocenters. The molecule has 0 spiro atoms. The molecule has 24 heavy (non-hydrogen) atoms. The molecule has 4 heteroatoms. The predicted molar refractivity (Wildman–Crippen MR) is 96.3 cm³/mol. The number of carbonyl (C=O) groups is 1. The van der Waals surface area contributed by atoms with E-state index in [2.05, 4.69) is 17.2 Å². The summed E-state index contributed by atoms with van der Waals surface area (Å²) in [7, 11) is 0. The van der Waals surface area contributed by atoms with Gasteiger partial charge in [0, 0.05) is 17.1 Å². The zero-order valence-electron chi connectivity index (χ0n) is 13.9. The Morgan fingerprint density at radius 1 is 1.12 bits per heavy atom. The predicted octanol–water partition coefficient (Wildman–Crippen LogP) is 5.20. The highest BCUT2D eigenvalue weighted by Crippen LogP contribution is 2.22. The third kappa shape index (κ3) is 3.65. The van der Waals surface area contributed by atoms with Crippen LogP contribution in [0.15, 0.2) is 53.3 Å². The molecule has 4 nitrogen and oxygen atoms in total. The number of fused-ring (bicyclic) bond motifs is 1. The molecule has 0 saturated heterocycles. The van der Waals surface area contributed by atoms with E-state index in [1.807, 2.05) is 36.4 Å². The Morgan fingerprint density at radius 3 is 2.88 bits per heavy atom. The number of hydrogen-bond donors (Lipinski definition) is 1. The summed E-state index contributed by atoms with van der Waals surface area (Å²) in [6.45, 7) is 2.19. The summed E-state index contributed by atoms with van der Waals surface area (Å²) in [6, 6.07) is 11.5. The first-order valence-electron chi connectivity index (χ1n) is 8.51. The molecular formula is C20H22N2O2. The smallest absolute Gasteiger partial charge is 0.291 e. The van der Waals surface area contributed by atoms with Gasteiger partial charge in [-0.1, -0.05) is 44.4 Å². The molecule has 0 radical (unpaired) electrons. The standard InChI is InChI=1S/C20H22N2O2/c1-2-3-4-5-8-16-12-14-24-19(16)20(23)22-17-11-6-9-15-10-7-13-21-18(15)17/h6-7,9-14H,2-5,8H2,1H3,(H,22,23). The first-order valence-corrected chi connectivity index (χ1v) is 8.51. The van der Waals surface area contributed by atoms with Gasteiger partial charge in [0.2, 0.25) is 0 Å². The maximum absolute atomic E-state index is 12.6. The molecule has 124 valence electrons. The summed E-state index contributed by atoms with van der Waals surface area (Å²) in [5.74, 6) is 0.183. The molecule has 0 aliphatic heterocycles. The third-order valence-electron chi connectivity index (χ3n) is 4.13. The fourth-order valence-corrected chi connectivity index (χ4v) is 2.86. The minimum atomic E-state index is -0.219. The topological polar surface area (TPSA) is 55.1 Å². The van der Waals surface area contributed by atoms with E-state index in [1.54, 1.807) is 12.5 Å². The van der Waals surface area contributed by atoms with Crippen molar-refractivity contribution in [2.75, 3.05) is 5.32 Å². The lowest BCUT2D eigenvalue weighted by atomic mass is 10.1. The van der Waals surface area contributed by atoms with Gasteiger partial charge in [0.05, 0.1) is 17.5 Å². The van der Waals surface area contributed by atoms with Crippen molar-refractivity contribution >= 4 is 22.5 Å². The van der Waals surface area contributed by atoms with E-state index in [0.717, 1.165) is 29.3 Å². The Hall–Kier alpha value is -2.62. The SMILES string of the molecule is CCCCCCc1ccoc1C(=O)Nc1cccc2cccnc12. The van der Waals surface area contributed by atoms with Crippen molar-refractivity contribution in [2.24, 2.45) is 0 Å². The van der Waals surface area contributed by atoms with Crippen LogP contribution in [0.1, 0.15) is 48.7 Å². The number of unbranched alkanes of at least 4 members (excludes halogenated alkanes) is 3. The number of rotatable bonds is 7. The summed E-state index contributed by atoms with van der Waals surface area (Å²) >= 11 is 0. The molecule has 1 aromatic carbocycles. The zero-order valence-corrected chi connectivity index (χ0v) is 13.9. The fourth-order valence-electron chi connectivity index (χ4n) is 2.86. The van der Waals surface area contributed by atoms with Gasteiger partial charge in [0.25, 0.3) is 5.91 Å². The zero-order chi connectivity index (χ0) is 16.8. The van der Waals surface area contributed by atoms with Crippen LogP contribution in [0.4, 0.5) is 5.69 Å². The molecule has 0 atom stereocenters. The Balaban J connectivity index is 1.74. The van der Waals surface area contributed by atoms with Crippen molar-refractivity contribution in [2.45, 2.75) is 39.0 Å². The van der Waals surface area contributed by atoms with Crippen LogP contribution in [0.25, 0.3) is 10.9 Å². The maximum atomic E-state index is 12.6. The van der Waals surface area contributed by atoms with Gasteiger partial charge in [0.1, 0.15) is 0 Å². The van der Waals surface area contributed by atoms with E-state index in [4.69, 9.17) is 4.42 Å². The fraction of sp³-hybridized carbons (Fsp3) is 0.300. The van der Waals surface area contributed by atoms with Gasteiger partial charge in [-0.25, -0.2) is 0 Å². The second kappa shape index (κ2) is 7.77. The molecule has 2 aromatic heterocycles. The van der Waals surface area contributed by atoms with Gasteiger partial charge in [-0.2, -0.15) is 0 Å². The average Bonchev–Trinajstić information content (AvgIpc) is 3.08. The molecule has 1 N–H and O–H groups in total. The maximum Gasteiger partial charge on any atom is 0.291 e. The highest BCUT2D eigenvalue weighted by molar-refractivity contribution is 6.07. The van der Waals surface area contributed by atoms with Crippen LogP contribution >= 0.6 is 0 Å². The lowest BCUT2D eigenvalue weighted by Gasteiger charge is -2.08. The number of amides is 1. The lowest BCUT2D eigenvalue weighted by molar-refractivity contribution is 0.0995. The third-order valence-corrected chi connectivity index (χ3v) is 4.13. The number of furan rings is 1. The molecule has 3 rings (SSSR count). The van der Waals surface area contributed by atoms with Crippen LogP contribution in [-0.2, 0) is 6.42 Å². The van der Waals surface area contributed by atoms with Crippen molar-refractivity contribution < 1.29 is 9.21 Å². The van der Waals surface area contributed by atoms with Crippen molar-refractivity contribution in [3.05, 3.63) is 60.2 Å². The second-order valence-corrected chi connectivity index (χ2v) is 5.92. The molecule has 0 saturated carbocycles. The minimum Gasteiger partial charge on any atom is -0.459 e. The van der Waals surface area contributed by atoms with Crippen LogP contribution in [0.5, 0.6) is 0 Å². The van der Waals surface area contributed by atoms with E-state index < -0.39 is 0 Å². The van der Waals surface area contributed by atoms with Crippen LogP contribution in [0, 0.1) is 0 Å². The Kier molecular flexibility index (Phi) is 5.26. The molecule has 3 aromatic rings. The van der Waals surface area contributed by atoms with Crippen LogP contribution in [-0.4, -0.2) is 10.9 Å². The van der Waals surface area contributed by atoms with E-state index in [9.17, 15) is 4.79 Å².